The topological polar surface area (TPSA) is 70.0 Å². The number of hydrogen-bond acceptors (Lipinski definition) is 5. The van der Waals surface area contributed by atoms with Gasteiger partial charge in [-0.05, 0) is 49.9 Å². The Labute approximate surface area is 173 Å². The molecule has 7 nitrogen and oxygen atoms in total. The highest BCUT2D eigenvalue weighted by Gasteiger charge is 2.20. The molecule has 0 bridgehead atoms. The van der Waals surface area contributed by atoms with Gasteiger partial charge in [0.1, 0.15) is 11.2 Å². The number of amides is 1. The molecule has 0 aliphatic carbocycles. The number of nitrogens with one attached hydrogen (secondary N) is 1. The van der Waals surface area contributed by atoms with Gasteiger partial charge in [-0.1, -0.05) is 11.6 Å². The van der Waals surface area contributed by atoms with E-state index >= 15 is 0 Å². The summed E-state index contributed by atoms with van der Waals surface area (Å²) in [5, 5.41) is 3.38. The molecule has 1 amide bonds. The van der Waals surface area contributed by atoms with E-state index in [1.807, 2.05) is 13.0 Å². The van der Waals surface area contributed by atoms with Crippen LogP contribution in [0.4, 0.5) is 11.4 Å². The van der Waals surface area contributed by atoms with Crippen molar-refractivity contribution in [3.63, 3.8) is 0 Å². The normalized spacial score (nSPS) is 14.9. The highest BCUT2D eigenvalue weighted by atomic mass is 35.5. The Morgan fingerprint density at radius 3 is 2.66 bits per heavy atom. The van der Waals surface area contributed by atoms with Crippen LogP contribution in [-0.2, 0) is 0 Å². The maximum Gasteiger partial charge on any atom is 0.270 e. The number of carbonyl (C=O) groups excluding carboxylic acids is 1. The molecule has 0 spiro atoms. The number of benzene rings is 1. The first kappa shape index (κ1) is 19.4. The third kappa shape index (κ3) is 3.97. The number of fused-ring (bicyclic) bond motifs is 1. The second-order valence-corrected chi connectivity index (χ2v) is 7.75. The van der Waals surface area contributed by atoms with Crippen molar-refractivity contribution in [3.8, 4) is 0 Å². The van der Waals surface area contributed by atoms with Gasteiger partial charge in [-0.25, -0.2) is 4.98 Å². The van der Waals surface area contributed by atoms with Gasteiger partial charge in [-0.2, -0.15) is 0 Å². The number of nitrogens with zero attached hydrogens (tertiary/aromatic N) is 4. The number of anilines is 2. The summed E-state index contributed by atoms with van der Waals surface area (Å²) in [4.78, 5) is 34.4. The minimum atomic E-state index is -0.505. The number of likely N-dealkylation sites (N-methyl/N-ethyl adjacent to an activating group) is 1. The summed E-state index contributed by atoms with van der Waals surface area (Å²) in [5.41, 5.74) is 2.55. The molecule has 1 saturated heterocycles. The number of pyridine rings is 1. The van der Waals surface area contributed by atoms with Crippen molar-refractivity contribution < 1.29 is 4.79 Å². The first-order valence-electron chi connectivity index (χ1n) is 9.45. The molecule has 29 heavy (non-hydrogen) atoms. The van der Waals surface area contributed by atoms with Gasteiger partial charge in [-0.15, -0.1) is 0 Å². The number of carbonyl (C=O) groups is 1. The van der Waals surface area contributed by atoms with Crippen LogP contribution in [0.1, 0.15) is 15.9 Å². The summed E-state index contributed by atoms with van der Waals surface area (Å²) in [6.45, 7) is 5.49. The van der Waals surface area contributed by atoms with E-state index in [1.54, 1.807) is 30.5 Å². The van der Waals surface area contributed by atoms with E-state index in [0.717, 1.165) is 37.4 Å². The Morgan fingerprint density at radius 1 is 1.14 bits per heavy atom. The molecular formula is C21H22ClN5O2. The predicted octanol–water partition coefficient (Wildman–Crippen LogP) is 2.66. The van der Waals surface area contributed by atoms with Crippen molar-refractivity contribution in [2.24, 2.45) is 0 Å². The molecule has 1 N–H and O–H groups in total. The zero-order chi connectivity index (χ0) is 20.5. The smallest absolute Gasteiger partial charge is 0.270 e. The van der Waals surface area contributed by atoms with Gasteiger partial charge in [0, 0.05) is 43.6 Å². The SMILES string of the molecule is Cc1ccn2c(=O)c(C(=O)Nc3cc(Cl)ccc3N3CCN(C)CC3)cnc2c1. The van der Waals surface area contributed by atoms with Crippen LogP contribution >= 0.6 is 11.6 Å². The molecule has 3 aromatic rings. The lowest BCUT2D eigenvalue weighted by Gasteiger charge is -2.35. The molecule has 1 aliphatic rings. The highest BCUT2D eigenvalue weighted by Crippen LogP contribution is 2.30. The molecule has 150 valence electrons. The summed E-state index contributed by atoms with van der Waals surface area (Å²) >= 11 is 6.18. The van der Waals surface area contributed by atoms with Crippen LogP contribution in [-0.4, -0.2) is 53.4 Å². The first-order valence-corrected chi connectivity index (χ1v) is 9.82. The van der Waals surface area contributed by atoms with Gasteiger partial charge < -0.3 is 15.1 Å². The molecule has 0 unspecified atom stereocenters. The summed E-state index contributed by atoms with van der Waals surface area (Å²) in [5.74, 6) is -0.505. The van der Waals surface area contributed by atoms with Crippen LogP contribution in [0.3, 0.4) is 0 Å². The van der Waals surface area contributed by atoms with Gasteiger partial charge in [0.05, 0.1) is 11.4 Å². The fourth-order valence-corrected chi connectivity index (χ4v) is 3.63. The molecule has 0 atom stereocenters. The van der Waals surface area contributed by atoms with Gasteiger partial charge in [0.15, 0.2) is 0 Å². The zero-order valence-corrected chi connectivity index (χ0v) is 17.1. The van der Waals surface area contributed by atoms with E-state index < -0.39 is 11.5 Å². The standard InChI is InChI=1S/C21H22ClN5O2/c1-14-5-6-27-19(11-14)23-13-16(21(27)29)20(28)24-17-12-15(22)3-4-18(17)26-9-7-25(2)8-10-26/h3-6,11-13H,7-10H2,1-2H3,(H,24,28). The molecule has 1 aliphatic heterocycles. The maximum atomic E-state index is 12.9. The summed E-state index contributed by atoms with van der Waals surface area (Å²) in [6, 6.07) is 9.02. The highest BCUT2D eigenvalue weighted by molar-refractivity contribution is 6.31. The van der Waals surface area contributed by atoms with Gasteiger partial charge in [0.25, 0.3) is 11.5 Å². The fourth-order valence-electron chi connectivity index (χ4n) is 3.45. The second kappa shape index (κ2) is 7.85. The molecular weight excluding hydrogens is 390 g/mol. The zero-order valence-electron chi connectivity index (χ0n) is 16.4. The summed E-state index contributed by atoms with van der Waals surface area (Å²) in [7, 11) is 2.09. The lowest BCUT2D eigenvalue weighted by atomic mass is 10.2. The van der Waals surface area contributed by atoms with Gasteiger partial charge in [-0.3, -0.25) is 14.0 Å². The van der Waals surface area contributed by atoms with Crippen molar-refractivity contribution in [2.45, 2.75) is 6.92 Å². The van der Waals surface area contributed by atoms with Crippen molar-refractivity contribution in [2.75, 3.05) is 43.4 Å². The monoisotopic (exact) mass is 411 g/mol. The van der Waals surface area contributed by atoms with Crippen LogP contribution < -0.4 is 15.8 Å². The van der Waals surface area contributed by atoms with Crippen LogP contribution in [0.15, 0.2) is 47.5 Å². The molecule has 2 aromatic heterocycles. The molecule has 0 radical (unpaired) electrons. The molecule has 1 aromatic carbocycles. The van der Waals surface area contributed by atoms with Crippen LogP contribution in [0.25, 0.3) is 5.65 Å². The average Bonchev–Trinajstić information content (AvgIpc) is 2.69. The number of hydrogen-bond donors (Lipinski definition) is 1. The molecule has 1 fully saturated rings. The Hall–Kier alpha value is -2.90. The van der Waals surface area contributed by atoms with Crippen molar-refractivity contribution >= 4 is 34.5 Å². The van der Waals surface area contributed by atoms with E-state index in [-0.39, 0.29) is 5.56 Å². The average molecular weight is 412 g/mol. The largest absolute Gasteiger partial charge is 0.367 e. The van der Waals surface area contributed by atoms with E-state index in [4.69, 9.17) is 11.6 Å². The molecule has 4 rings (SSSR count). The third-order valence-corrected chi connectivity index (χ3v) is 5.40. The lowest BCUT2D eigenvalue weighted by molar-refractivity contribution is 0.102. The van der Waals surface area contributed by atoms with Crippen LogP contribution in [0.2, 0.25) is 5.02 Å². The molecule has 3 heterocycles. The summed E-state index contributed by atoms with van der Waals surface area (Å²) < 4.78 is 1.38. The number of rotatable bonds is 3. The van der Waals surface area contributed by atoms with Crippen LogP contribution in [0.5, 0.6) is 0 Å². The molecule has 0 saturated carbocycles. The fraction of sp³-hybridized carbons (Fsp3) is 0.286. The Kier molecular flexibility index (Phi) is 5.25. The van der Waals surface area contributed by atoms with E-state index in [0.29, 0.717) is 16.4 Å². The minimum Gasteiger partial charge on any atom is -0.367 e. The minimum absolute atomic E-state index is 0.0179. The Bertz CT molecular complexity index is 1140. The lowest BCUT2D eigenvalue weighted by Crippen LogP contribution is -2.44. The third-order valence-electron chi connectivity index (χ3n) is 5.16. The number of aromatic nitrogens is 2. The summed E-state index contributed by atoms with van der Waals surface area (Å²) in [6.07, 6.45) is 2.96. The predicted molar refractivity (Wildman–Crippen MR) is 115 cm³/mol. The second-order valence-electron chi connectivity index (χ2n) is 7.32. The quantitative estimate of drug-likeness (QED) is 0.717. The number of aryl methyl sites for hydroxylation is 1. The van der Waals surface area contributed by atoms with Gasteiger partial charge in [0.2, 0.25) is 0 Å². The first-order chi connectivity index (χ1) is 13.9. The number of piperazine rings is 1. The Morgan fingerprint density at radius 2 is 1.90 bits per heavy atom. The van der Waals surface area contributed by atoms with Crippen molar-refractivity contribution in [1.82, 2.24) is 14.3 Å². The number of halogens is 1. The maximum absolute atomic E-state index is 12.9. The van der Waals surface area contributed by atoms with Crippen molar-refractivity contribution in [3.05, 3.63) is 69.2 Å². The van der Waals surface area contributed by atoms with Gasteiger partial charge >= 0.3 is 0 Å². The Balaban J connectivity index is 1.66. The van der Waals surface area contributed by atoms with E-state index in [1.165, 1.54) is 10.6 Å². The van der Waals surface area contributed by atoms with E-state index in [2.05, 4.69) is 27.1 Å². The van der Waals surface area contributed by atoms with E-state index in [9.17, 15) is 9.59 Å². The van der Waals surface area contributed by atoms with Crippen molar-refractivity contribution in [1.29, 1.82) is 0 Å². The molecule has 8 heteroatoms. The van der Waals surface area contributed by atoms with Crippen LogP contribution in [0, 0.1) is 6.92 Å².